The van der Waals surface area contributed by atoms with Crippen LogP contribution in [0.2, 0.25) is 0 Å². The highest BCUT2D eigenvalue weighted by atomic mass is 16.7. The SMILES string of the molecule is COC(=O)CCC/C=C\CC1C(OC(=O)c2ccccc2)CC(OC2CCCCO2)C1C=O. The van der Waals surface area contributed by atoms with E-state index in [2.05, 4.69) is 4.74 Å². The van der Waals surface area contributed by atoms with Crippen molar-refractivity contribution < 1.29 is 33.3 Å². The average molecular weight is 459 g/mol. The molecule has 0 spiro atoms. The van der Waals surface area contributed by atoms with Crippen molar-refractivity contribution in [3.63, 3.8) is 0 Å². The van der Waals surface area contributed by atoms with Gasteiger partial charge in [0.15, 0.2) is 6.29 Å². The van der Waals surface area contributed by atoms with Gasteiger partial charge in [-0.2, -0.15) is 0 Å². The highest BCUT2D eigenvalue weighted by Gasteiger charge is 2.46. The number of aldehydes is 1. The summed E-state index contributed by atoms with van der Waals surface area (Å²) in [6, 6.07) is 8.86. The lowest BCUT2D eigenvalue weighted by atomic mass is 9.91. The highest BCUT2D eigenvalue weighted by Crippen LogP contribution is 2.39. The molecule has 33 heavy (non-hydrogen) atoms. The van der Waals surface area contributed by atoms with Crippen molar-refractivity contribution in [2.75, 3.05) is 13.7 Å². The van der Waals surface area contributed by atoms with Crippen LogP contribution in [0.1, 0.15) is 61.7 Å². The Hall–Kier alpha value is -2.51. The Morgan fingerprint density at radius 3 is 2.64 bits per heavy atom. The lowest BCUT2D eigenvalue weighted by molar-refractivity contribution is -0.194. The van der Waals surface area contributed by atoms with E-state index in [1.165, 1.54) is 7.11 Å². The predicted molar refractivity (Wildman–Crippen MR) is 121 cm³/mol. The monoisotopic (exact) mass is 458 g/mol. The van der Waals surface area contributed by atoms with Crippen molar-refractivity contribution in [1.82, 2.24) is 0 Å². The number of carbonyl (C=O) groups is 3. The molecule has 1 aliphatic carbocycles. The van der Waals surface area contributed by atoms with Crippen molar-refractivity contribution in [1.29, 1.82) is 0 Å². The van der Waals surface area contributed by atoms with Gasteiger partial charge in [-0.3, -0.25) is 4.79 Å². The van der Waals surface area contributed by atoms with E-state index in [1.807, 2.05) is 18.2 Å². The fraction of sp³-hybridized carbons (Fsp3) is 0.577. The molecule has 1 aromatic carbocycles. The Labute approximate surface area is 195 Å². The topological polar surface area (TPSA) is 88.1 Å². The lowest BCUT2D eigenvalue weighted by Crippen LogP contribution is -2.32. The lowest BCUT2D eigenvalue weighted by Gasteiger charge is -2.27. The molecule has 0 radical (unpaired) electrons. The van der Waals surface area contributed by atoms with Gasteiger partial charge in [0.25, 0.3) is 0 Å². The number of benzene rings is 1. The van der Waals surface area contributed by atoms with E-state index in [-0.39, 0.29) is 30.2 Å². The minimum Gasteiger partial charge on any atom is -0.469 e. The Morgan fingerprint density at radius 1 is 1.12 bits per heavy atom. The van der Waals surface area contributed by atoms with Gasteiger partial charge in [0.05, 0.1) is 18.8 Å². The summed E-state index contributed by atoms with van der Waals surface area (Å²) in [7, 11) is 1.38. The first-order chi connectivity index (χ1) is 16.1. The number of ether oxygens (including phenoxy) is 4. The van der Waals surface area contributed by atoms with E-state index in [1.54, 1.807) is 24.3 Å². The van der Waals surface area contributed by atoms with Crippen LogP contribution in [0.25, 0.3) is 0 Å². The summed E-state index contributed by atoms with van der Waals surface area (Å²) in [5, 5.41) is 0. The third-order valence-electron chi connectivity index (χ3n) is 6.31. The Kier molecular flexibility index (Phi) is 10.1. The quantitative estimate of drug-likeness (QED) is 0.212. The zero-order valence-corrected chi connectivity index (χ0v) is 19.2. The van der Waals surface area contributed by atoms with Gasteiger partial charge >= 0.3 is 11.9 Å². The number of allylic oxidation sites excluding steroid dienone is 2. The molecular weight excluding hydrogens is 424 g/mol. The van der Waals surface area contributed by atoms with Crippen LogP contribution in [0, 0.1) is 11.8 Å². The van der Waals surface area contributed by atoms with Gasteiger partial charge in [-0.1, -0.05) is 30.4 Å². The van der Waals surface area contributed by atoms with Gasteiger partial charge in [-0.25, -0.2) is 4.79 Å². The molecule has 1 aliphatic heterocycles. The van der Waals surface area contributed by atoms with Gasteiger partial charge in [-0.15, -0.1) is 0 Å². The molecule has 1 saturated carbocycles. The zero-order chi connectivity index (χ0) is 23.5. The van der Waals surface area contributed by atoms with Crippen LogP contribution in [-0.2, 0) is 28.5 Å². The van der Waals surface area contributed by atoms with E-state index in [0.717, 1.165) is 32.0 Å². The third-order valence-corrected chi connectivity index (χ3v) is 6.31. The predicted octanol–water partition coefficient (Wildman–Crippen LogP) is 4.25. The van der Waals surface area contributed by atoms with Crippen LogP contribution in [-0.4, -0.2) is 50.4 Å². The molecule has 0 aromatic heterocycles. The summed E-state index contributed by atoms with van der Waals surface area (Å²) in [5.41, 5.74) is 0.484. The second kappa shape index (κ2) is 13.3. The van der Waals surface area contributed by atoms with Crippen LogP contribution in [0.3, 0.4) is 0 Å². The van der Waals surface area contributed by atoms with E-state index in [4.69, 9.17) is 14.2 Å². The van der Waals surface area contributed by atoms with Gasteiger partial charge in [0.1, 0.15) is 12.4 Å². The van der Waals surface area contributed by atoms with Crippen LogP contribution < -0.4 is 0 Å². The summed E-state index contributed by atoms with van der Waals surface area (Å²) in [5.74, 6) is -1.19. The molecule has 1 heterocycles. The molecule has 180 valence electrons. The molecule has 7 heteroatoms. The molecule has 2 fully saturated rings. The summed E-state index contributed by atoms with van der Waals surface area (Å²) in [4.78, 5) is 36.0. The van der Waals surface area contributed by atoms with Gasteiger partial charge in [0, 0.05) is 31.3 Å². The zero-order valence-electron chi connectivity index (χ0n) is 19.2. The normalized spacial score (nSPS) is 27.4. The number of carbonyl (C=O) groups excluding carboxylic acids is 3. The molecule has 0 N–H and O–H groups in total. The molecule has 0 amide bonds. The number of unbranched alkanes of at least 4 members (excludes halogenated alkanes) is 1. The summed E-state index contributed by atoms with van der Waals surface area (Å²) >= 11 is 0. The van der Waals surface area contributed by atoms with Crippen LogP contribution in [0.15, 0.2) is 42.5 Å². The minimum atomic E-state index is -0.429. The van der Waals surface area contributed by atoms with Crippen molar-refractivity contribution in [2.24, 2.45) is 11.8 Å². The van der Waals surface area contributed by atoms with Crippen LogP contribution in [0.5, 0.6) is 0 Å². The second-order valence-corrected chi connectivity index (χ2v) is 8.57. The van der Waals surface area contributed by atoms with E-state index in [0.29, 0.717) is 37.9 Å². The fourth-order valence-corrected chi connectivity index (χ4v) is 4.49. The van der Waals surface area contributed by atoms with E-state index in [9.17, 15) is 14.4 Å². The number of methoxy groups -OCH3 is 1. The largest absolute Gasteiger partial charge is 0.469 e. The maximum Gasteiger partial charge on any atom is 0.338 e. The van der Waals surface area contributed by atoms with Crippen LogP contribution >= 0.6 is 0 Å². The first-order valence-electron chi connectivity index (χ1n) is 11.8. The second-order valence-electron chi connectivity index (χ2n) is 8.57. The maximum atomic E-state index is 12.7. The Bertz CT molecular complexity index is 785. The summed E-state index contributed by atoms with van der Waals surface area (Å²) < 4.78 is 22.4. The number of hydrogen-bond acceptors (Lipinski definition) is 7. The molecule has 3 rings (SSSR count). The molecule has 7 nitrogen and oxygen atoms in total. The van der Waals surface area contributed by atoms with Gasteiger partial charge in [0.2, 0.25) is 0 Å². The first kappa shape index (κ1) is 25.1. The first-order valence-corrected chi connectivity index (χ1v) is 11.8. The highest BCUT2D eigenvalue weighted by molar-refractivity contribution is 5.89. The number of esters is 2. The average Bonchev–Trinajstić information content (AvgIpc) is 3.17. The molecule has 1 saturated heterocycles. The summed E-state index contributed by atoms with van der Waals surface area (Å²) in [6.45, 7) is 0.660. The van der Waals surface area contributed by atoms with Crippen molar-refractivity contribution in [3.8, 4) is 0 Å². The Balaban J connectivity index is 1.64. The minimum absolute atomic E-state index is 0.180. The fourth-order valence-electron chi connectivity index (χ4n) is 4.49. The molecule has 5 atom stereocenters. The third kappa shape index (κ3) is 7.51. The van der Waals surface area contributed by atoms with Crippen molar-refractivity contribution in [3.05, 3.63) is 48.0 Å². The summed E-state index contributed by atoms with van der Waals surface area (Å²) in [6.07, 6.45) is 9.54. The molecule has 5 unspecified atom stereocenters. The van der Waals surface area contributed by atoms with Gasteiger partial charge in [-0.05, 0) is 50.7 Å². The van der Waals surface area contributed by atoms with E-state index < -0.39 is 12.1 Å². The van der Waals surface area contributed by atoms with Gasteiger partial charge < -0.3 is 23.7 Å². The standard InChI is InChI=1S/C26H34O7/c1-30-24(28)14-8-3-2-7-13-20-21(18-27)23(32-25-15-9-10-16-31-25)17-22(20)33-26(29)19-11-5-4-6-12-19/h2,4-7,11-12,18,20-23,25H,3,8-10,13-17H2,1H3/b7-2-. The smallest absolute Gasteiger partial charge is 0.338 e. The maximum absolute atomic E-state index is 12.7. The molecule has 1 aromatic rings. The van der Waals surface area contributed by atoms with Crippen molar-refractivity contribution >= 4 is 18.2 Å². The van der Waals surface area contributed by atoms with E-state index >= 15 is 0 Å². The number of rotatable bonds is 11. The molecule has 0 bridgehead atoms. The Morgan fingerprint density at radius 2 is 1.94 bits per heavy atom. The molecular formula is C26H34O7. The molecule has 2 aliphatic rings. The van der Waals surface area contributed by atoms with Crippen LogP contribution in [0.4, 0.5) is 0 Å². The number of hydrogen-bond donors (Lipinski definition) is 0. The van der Waals surface area contributed by atoms with Crippen molar-refractivity contribution in [2.45, 2.75) is 69.9 Å².